The number of benzene rings is 3. The molecule has 1 unspecified atom stereocenters. The van der Waals surface area contributed by atoms with Crippen molar-refractivity contribution in [3.63, 3.8) is 0 Å². The minimum absolute atomic E-state index is 0.129. The molecule has 11 rings (SSSR count). The van der Waals surface area contributed by atoms with Gasteiger partial charge in [0, 0.05) is 56.3 Å². The first-order valence-corrected chi connectivity index (χ1v) is 18.6. The average molecular weight is 721 g/mol. The van der Waals surface area contributed by atoms with Crippen LogP contribution in [0.2, 0.25) is 0 Å². The number of fused-ring (bicyclic) bond motifs is 7. The van der Waals surface area contributed by atoms with Gasteiger partial charge in [-0.15, -0.1) is 11.3 Å². The van der Waals surface area contributed by atoms with E-state index in [1.807, 2.05) is 55.8 Å². The number of ether oxygens (including phenoxy) is 1. The van der Waals surface area contributed by atoms with Gasteiger partial charge in [-0.25, -0.2) is 9.97 Å². The van der Waals surface area contributed by atoms with E-state index in [1.165, 1.54) is 11.3 Å². The fourth-order valence-corrected chi connectivity index (χ4v) is 9.38. The largest absolute Gasteiger partial charge is 0.469 e. The van der Waals surface area contributed by atoms with Gasteiger partial charge in [-0.1, -0.05) is 62.4 Å². The molecule has 53 heavy (non-hydrogen) atoms. The molecule has 0 saturated carbocycles. The Hall–Kier alpha value is -6.14. The number of nitrogens with one attached hydrogen (secondary N) is 4. The van der Waals surface area contributed by atoms with Gasteiger partial charge in [-0.2, -0.15) is 0 Å². The summed E-state index contributed by atoms with van der Waals surface area (Å²) < 4.78 is 20.5. The molecule has 12 heteroatoms. The van der Waals surface area contributed by atoms with Crippen LogP contribution in [-0.2, 0) is 27.8 Å². The summed E-state index contributed by atoms with van der Waals surface area (Å²) in [5, 5.41) is 13.0. The number of hydrogen-bond acceptors (Lipinski definition) is 9. The smallest absolute Gasteiger partial charge is 0.249 e. The minimum atomic E-state index is -1.03. The van der Waals surface area contributed by atoms with Crippen molar-refractivity contribution in [2.24, 2.45) is 5.92 Å². The molecule has 2 amide bonds. The van der Waals surface area contributed by atoms with Crippen LogP contribution in [0.1, 0.15) is 53.1 Å². The first-order valence-electron chi connectivity index (χ1n) is 17.8. The second kappa shape index (κ2) is 10.9. The molecule has 0 fully saturated rings. The van der Waals surface area contributed by atoms with Crippen LogP contribution < -0.4 is 20.7 Å². The number of anilines is 1. The van der Waals surface area contributed by atoms with Gasteiger partial charge < -0.3 is 34.5 Å². The SMILES string of the molecule is CC(C)[C@@H]1NC(=O)[C@@H](NC(=O)Cc2cccs2)Cc2ccc3c(c2)[C@]24c5cccc(c5NC2O3)-c2cccc3[nH]cc(c23)-c2cnc(o2)-c2nc1oc24. The number of amides is 2. The quantitative estimate of drug-likeness (QED) is 0.151. The number of aromatic nitrogens is 3. The minimum Gasteiger partial charge on any atom is -0.469 e. The highest BCUT2D eigenvalue weighted by atomic mass is 32.1. The highest BCUT2D eigenvalue weighted by Crippen LogP contribution is 2.61. The van der Waals surface area contributed by atoms with E-state index in [2.05, 4.69) is 57.3 Å². The highest BCUT2D eigenvalue weighted by Gasteiger charge is 2.61. The molecule has 8 heterocycles. The summed E-state index contributed by atoms with van der Waals surface area (Å²) in [6, 6.07) is 20.9. The van der Waals surface area contributed by atoms with Crippen LogP contribution >= 0.6 is 11.3 Å². The number of carbonyl (C=O) groups excluding carboxylic acids is 2. The Morgan fingerprint density at radius 2 is 1.91 bits per heavy atom. The number of rotatable bonds is 4. The molecule has 0 saturated heterocycles. The van der Waals surface area contributed by atoms with Gasteiger partial charge in [0.1, 0.15) is 23.2 Å². The summed E-state index contributed by atoms with van der Waals surface area (Å²) in [4.78, 5) is 41.9. The molecule has 3 aromatic carbocycles. The summed E-state index contributed by atoms with van der Waals surface area (Å²) in [5.41, 5.74) is 6.91. The van der Waals surface area contributed by atoms with Crippen molar-refractivity contribution in [1.29, 1.82) is 0 Å². The van der Waals surface area contributed by atoms with E-state index in [4.69, 9.17) is 23.5 Å². The molecule has 4 aliphatic rings. The van der Waals surface area contributed by atoms with Crippen LogP contribution in [0.15, 0.2) is 93.3 Å². The molecule has 1 spiro atoms. The van der Waals surface area contributed by atoms with Gasteiger partial charge in [-0.3, -0.25) is 9.59 Å². The van der Waals surface area contributed by atoms with Gasteiger partial charge >= 0.3 is 0 Å². The second-order valence-electron chi connectivity index (χ2n) is 14.5. The number of para-hydroxylation sites is 1. The van der Waals surface area contributed by atoms with Crippen LogP contribution in [0.5, 0.6) is 5.75 Å². The zero-order valence-electron chi connectivity index (χ0n) is 28.7. The van der Waals surface area contributed by atoms with Crippen molar-refractivity contribution < 1.29 is 23.2 Å². The van der Waals surface area contributed by atoms with E-state index < -0.39 is 23.7 Å². The monoisotopic (exact) mass is 720 g/mol. The molecular formula is C41H32N6O5S. The van der Waals surface area contributed by atoms with Crippen molar-refractivity contribution in [2.45, 2.75) is 50.4 Å². The van der Waals surface area contributed by atoms with Crippen molar-refractivity contribution in [3.05, 3.63) is 118 Å². The zero-order valence-corrected chi connectivity index (χ0v) is 29.5. The van der Waals surface area contributed by atoms with E-state index >= 15 is 0 Å². The first kappa shape index (κ1) is 30.5. The number of nitrogens with zero attached hydrogens (tertiary/aromatic N) is 2. The van der Waals surface area contributed by atoms with Gasteiger partial charge in [0.2, 0.25) is 23.6 Å². The predicted octanol–water partition coefficient (Wildman–Crippen LogP) is 7.10. The number of aromatic amines is 1. The molecule has 0 aliphatic carbocycles. The highest BCUT2D eigenvalue weighted by molar-refractivity contribution is 7.10. The average Bonchev–Trinajstić information content (AvgIpc) is 3.99. The van der Waals surface area contributed by atoms with Crippen LogP contribution in [0.4, 0.5) is 5.69 Å². The van der Waals surface area contributed by atoms with Gasteiger partial charge in [-0.05, 0) is 40.6 Å². The Balaban J connectivity index is 1.18. The maximum Gasteiger partial charge on any atom is 0.249 e. The third kappa shape index (κ3) is 4.26. The number of H-pyrrole nitrogens is 1. The Kier molecular flexibility index (Phi) is 6.29. The summed E-state index contributed by atoms with van der Waals surface area (Å²) in [6.07, 6.45) is 3.51. The van der Waals surface area contributed by atoms with Crippen molar-refractivity contribution >= 4 is 39.7 Å². The van der Waals surface area contributed by atoms with Crippen molar-refractivity contribution in [3.8, 4) is 39.8 Å². The normalized spacial score (nSPS) is 21.6. The lowest BCUT2D eigenvalue weighted by Crippen LogP contribution is -2.50. The molecular weight excluding hydrogens is 689 g/mol. The van der Waals surface area contributed by atoms with Gasteiger partial charge in [0.25, 0.3) is 0 Å². The van der Waals surface area contributed by atoms with Crippen LogP contribution in [0, 0.1) is 5.92 Å². The zero-order chi connectivity index (χ0) is 35.6. The summed E-state index contributed by atoms with van der Waals surface area (Å²) in [6.45, 7) is 4.01. The predicted molar refractivity (Wildman–Crippen MR) is 198 cm³/mol. The summed E-state index contributed by atoms with van der Waals surface area (Å²) in [5.74, 6) is 1.70. The second-order valence-corrected chi connectivity index (χ2v) is 15.5. The molecule has 0 radical (unpaired) electrons. The molecule has 4 atom stereocenters. The van der Waals surface area contributed by atoms with E-state index in [1.54, 1.807) is 6.20 Å². The Bertz CT molecular complexity index is 2650. The lowest BCUT2D eigenvalue weighted by Gasteiger charge is -2.28. The molecule has 4 aliphatic heterocycles. The number of thiophene rings is 1. The first-order chi connectivity index (χ1) is 25.9. The molecule has 262 valence electrons. The van der Waals surface area contributed by atoms with Crippen molar-refractivity contribution in [2.75, 3.05) is 5.32 Å². The molecule has 4 aromatic heterocycles. The number of hydrogen-bond donors (Lipinski definition) is 4. The third-order valence-electron chi connectivity index (χ3n) is 11.1. The standard InChI is InChI=1S/C41H32N6O5S/c1-19(2)33-39-46-35-36(52-39)41-25-9-3-8-23(22-7-4-10-27-32(22)24(17-42-27)30-18-43-38(35)50-30)34(25)47-40(41)51-29-12-11-20(14-26(29)41)15-28(37(49)45-33)44-31(48)16-21-6-5-13-53-21/h3-14,17-19,28,33,40,42,47H,15-16H2,1-2H3,(H,44,48)(H,45,49)/t28-,33-,40?,41-/m0/s1. The maximum absolute atomic E-state index is 14.2. The van der Waals surface area contributed by atoms with E-state index in [0.717, 1.165) is 54.8 Å². The van der Waals surface area contributed by atoms with E-state index in [-0.39, 0.29) is 30.6 Å². The molecule has 7 aromatic rings. The third-order valence-corrected chi connectivity index (χ3v) is 12.0. The molecule has 4 N–H and O–H groups in total. The Morgan fingerprint density at radius 1 is 1.02 bits per heavy atom. The fraction of sp³-hybridized carbons (Fsp3) is 0.220. The Labute approximate surface area is 306 Å². The van der Waals surface area contributed by atoms with E-state index in [9.17, 15) is 9.59 Å². The number of carbonyl (C=O) groups is 2. The summed E-state index contributed by atoms with van der Waals surface area (Å²) in [7, 11) is 0. The van der Waals surface area contributed by atoms with Crippen LogP contribution in [0.3, 0.4) is 0 Å². The van der Waals surface area contributed by atoms with Gasteiger partial charge in [0.15, 0.2) is 23.4 Å². The van der Waals surface area contributed by atoms with Crippen LogP contribution in [-0.4, -0.2) is 39.0 Å². The van der Waals surface area contributed by atoms with Gasteiger partial charge in [0.05, 0.1) is 12.6 Å². The Morgan fingerprint density at radius 3 is 2.77 bits per heavy atom. The topological polar surface area (TPSA) is 147 Å². The van der Waals surface area contributed by atoms with Crippen molar-refractivity contribution in [1.82, 2.24) is 25.6 Å². The number of oxazole rings is 2. The van der Waals surface area contributed by atoms with E-state index in [0.29, 0.717) is 34.7 Å². The lowest BCUT2D eigenvalue weighted by atomic mass is 9.72. The molecule has 11 nitrogen and oxygen atoms in total. The summed E-state index contributed by atoms with van der Waals surface area (Å²) >= 11 is 1.51. The fourth-order valence-electron chi connectivity index (χ4n) is 8.67. The maximum atomic E-state index is 14.2. The molecule has 10 bridgehead atoms. The van der Waals surface area contributed by atoms with Crippen LogP contribution in [0.25, 0.3) is 44.9 Å². The lowest BCUT2D eigenvalue weighted by molar-refractivity contribution is -0.129.